The van der Waals surface area contributed by atoms with Gasteiger partial charge in [-0.05, 0) is 43.4 Å². The first kappa shape index (κ1) is 17.2. The molecule has 1 aromatic carbocycles. The number of aromatic nitrogens is 3. The lowest BCUT2D eigenvalue weighted by Crippen LogP contribution is -2.39. The van der Waals surface area contributed by atoms with Crippen LogP contribution in [-0.2, 0) is 19.9 Å². The van der Waals surface area contributed by atoms with Crippen molar-refractivity contribution in [1.82, 2.24) is 19.9 Å². The fraction of sp³-hybridized carbons (Fsp3) is 0.300. The first-order valence-corrected chi connectivity index (χ1v) is 8.92. The molecule has 0 fully saturated rings. The van der Waals surface area contributed by atoms with Gasteiger partial charge in [0.05, 0.1) is 10.9 Å². The predicted octanol–water partition coefficient (Wildman–Crippen LogP) is 1.22. The highest BCUT2D eigenvalue weighted by Crippen LogP contribution is 2.22. The lowest BCUT2D eigenvalue weighted by Gasteiger charge is -2.25. The van der Waals surface area contributed by atoms with Crippen LogP contribution in [0.4, 0.5) is 0 Å². The zero-order valence-corrected chi connectivity index (χ0v) is 15.2. The number of hydrogen-bond acceptors (Lipinski definition) is 4. The lowest BCUT2D eigenvalue weighted by molar-refractivity contribution is 0.0935. The molecule has 0 spiro atoms. The van der Waals surface area contributed by atoms with E-state index in [1.54, 1.807) is 13.0 Å². The summed E-state index contributed by atoms with van der Waals surface area (Å²) in [5.41, 5.74) is 2.43. The van der Waals surface area contributed by atoms with Crippen LogP contribution in [0.3, 0.4) is 0 Å². The fourth-order valence-corrected chi connectivity index (χ4v) is 3.73. The summed E-state index contributed by atoms with van der Waals surface area (Å²) in [7, 11) is 1.52. The van der Waals surface area contributed by atoms with Crippen LogP contribution in [0, 0.1) is 6.92 Å². The Morgan fingerprint density at radius 2 is 2.00 bits per heavy atom. The van der Waals surface area contributed by atoms with E-state index < -0.39 is 11.2 Å². The summed E-state index contributed by atoms with van der Waals surface area (Å²) in [5, 5.41) is 3.19. The molecular weight excluding hydrogens is 344 g/mol. The standard InChI is InChI=1S/C20H20N4O3/c1-11-9-15(16-17(21-11)24(2)20(27)23-19(16)26)18(25)22-14-8-7-12-5-3-4-6-13(12)10-14/h3-6,9,14H,7-8,10H2,1-2H3,(H,22,25)(H,23,26,27)/t14-/m1/s1. The van der Waals surface area contributed by atoms with Gasteiger partial charge in [-0.1, -0.05) is 24.3 Å². The van der Waals surface area contributed by atoms with Crippen molar-refractivity contribution in [1.29, 1.82) is 0 Å². The number of hydrogen-bond donors (Lipinski definition) is 2. The third-order valence-electron chi connectivity index (χ3n) is 5.12. The third kappa shape index (κ3) is 3.05. The molecule has 3 aromatic rings. The average Bonchev–Trinajstić information content (AvgIpc) is 2.65. The highest BCUT2D eigenvalue weighted by Gasteiger charge is 2.23. The van der Waals surface area contributed by atoms with Gasteiger partial charge in [0.2, 0.25) is 0 Å². The number of H-pyrrole nitrogens is 1. The zero-order valence-electron chi connectivity index (χ0n) is 15.2. The molecule has 2 N–H and O–H groups in total. The maximum atomic E-state index is 13.0. The van der Waals surface area contributed by atoms with Crippen LogP contribution in [0.5, 0.6) is 0 Å². The fourth-order valence-electron chi connectivity index (χ4n) is 3.73. The van der Waals surface area contributed by atoms with Crippen LogP contribution in [0.2, 0.25) is 0 Å². The van der Waals surface area contributed by atoms with Gasteiger partial charge < -0.3 is 5.32 Å². The van der Waals surface area contributed by atoms with Gasteiger partial charge in [0.15, 0.2) is 0 Å². The van der Waals surface area contributed by atoms with Crippen LogP contribution >= 0.6 is 0 Å². The highest BCUT2D eigenvalue weighted by molar-refractivity contribution is 6.05. The smallest absolute Gasteiger partial charge is 0.329 e. The topological polar surface area (TPSA) is 96.9 Å². The summed E-state index contributed by atoms with van der Waals surface area (Å²) in [6.45, 7) is 1.73. The van der Waals surface area contributed by atoms with Gasteiger partial charge in [0.25, 0.3) is 11.5 Å². The molecular formula is C20H20N4O3. The van der Waals surface area contributed by atoms with E-state index in [2.05, 4.69) is 27.4 Å². The molecule has 4 rings (SSSR count). The molecule has 7 nitrogen and oxygen atoms in total. The van der Waals surface area contributed by atoms with E-state index in [4.69, 9.17) is 0 Å². The largest absolute Gasteiger partial charge is 0.349 e. The maximum Gasteiger partial charge on any atom is 0.329 e. The molecule has 0 radical (unpaired) electrons. The molecule has 1 amide bonds. The Kier molecular flexibility index (Phi) is 4.14. The van der Waals surface area contributed by atoms with Crippen molar-refractivity contribution in [2.45, 2.75) is 32.2 Å². The number of carbonyl (C=O) groups excluding carboxylic acids is 1. The van der Waals surface area contributed by atoms with Crippen molar-refractivity contribution in [2.75, 3.05) is 0 Å². The molecule has 1 aliphatic rings. The Bertz CT molecular complexity index is 1180. The van der Waals surface area contributed by atoms with Crippen LogP contribution in [-0.4, -0.2) is 26.5 Å². The van der Waals surface area contributed by atoms with Crippen LogP contribution in [0.25, 0.3) is 11.0 Å². The minimum atomic E-state index is -0.597. The van der Waals surface area contributed by atoms with Gasteiger partial charge in [-0.2, -0.15) is 0 Å². The summed E-state index contributed by atoms with van der Waals surface area (Å²) in [5.74, 6) is -0.320. The second-order valence-electron chi connectivity index (χ2n) is 7.01. The molecule has 1 aliphatic carbocycles. The Balaban J connectivity index is 1.71. The number of pyridine rings is 1. The summed E-state index contributed by atoms with van der Waals surface area (Å²) >= 11 is 0. The monoisotopic (exact) mass is 364 g/mol. The molecule has 7 heteroatoms. The van der Waals surface area contributed by atoms with E-state index in [1.807, 2.05) is 12.1 Å². The van der Waals surface area contributed by atoms with E-state index in [1.165, 1.54) is 22.7 Å². The first-order chi connectivity index (χ1) is 12.9. The minimum Gasteiger partial charge on any atom is -0.349 e. The quantitative estimate of drug-likeness (QED) is 0.714. The molecule has 0 bridgehead atoms. The van der Waals surface area contributed by atoms with Gasteiger partial charge in [-0.15, -0.1) is 0 Å². The molecule has 138 valence electrons. The van der Waals surface area contributed by atoms with Crippen LogP contribution in [0.1, 0.15) is 33.6 Å². The Morgan fingerprint density at radius 3 is 2.78 bits per heavy atom. The van der Waals surface area contributed by atoms with E-state index in [-0.39, 0.29) is 28.5 Å². The molecule has 0 aliphatic heterocycles. The minimum absolute atomic E-state index is 0.00235. The number of amides is 1. The van der Waals surface area contributed by atoms with Crippen molar-refractivity contribution in [3.8, 4) is 0 Å². The summed E-state index contributed by atoms with van der Waals surface area (Å²) < 4.78 is 1.25. The van der Waals surface area contributed by atoms with Crippen molar-refractivity contribution in [2.24, 2.45) is 7.05 Å². The molecule has 2 aromatic heterocycles. The number of aryl methyl sites for hydroxylation is 3. The van der Waals surface area contributed by atoms with Gasteiger partial charge in [-0.25, -0.2) is 9.78 Å². The summed E-state index contributed by atoms with van der Waals surface area (Å²) in [6, 6.07) is 9.83. The zero-order chi connectivity index (χ0) is 19.1. The highest BCUT2D eigenvalue weighted by atomic mass is 16.2. The second kappa shape index (κ2) is 6.50. The van der Waals surface area contributed by atoms with E-state index >= 15 is 0 Å². The Hall–Kier alpha value is -3.22. The van der Waals surface area contributed by atoms with Gasteiger partial charge in [0, 0.05) is 18.8 Å². The van der Waals surface area contributed by atoms with Crippen molar-refractivity contribution in [3.05, 3.63) is 73.6 Å². The average molecular weight is 364 g/mol. The predicted molar refractivity (Wildman–Crippen MR) is 102 cm³/mol. The normalized spacial score (nSPS) is 16.1. The second-order valence-corrected chi connectivity index (χ2v) is 7.01. The van der Waals surface area contributed by atoms with Crippen molar-refractivity contribution in [3.63, 3.8) is 0 Å². The number of carbonyl (C=O) groups is 1. The van der Waals surface area contributed by atoms with E-state index in [0.717, 1.165) is 19.3 Å². The molecule has 0 saturated heterocycles. The molecule has 0 unspecified atom stereocenters. The number of aromatic amines is 1. The van der Waals surface area contributed by atoms with Gasteiger partial charge in [0.1, 0.15) is 5.65 Å². The van der Waals surface area contributed by atoms with Crippen molar-refractivity contribution < 1.29 is 4.79 Å². The number of nitrogens with one attached hydrogen (secondary N) is 2. The van der Waals surface area contributed by atoms with Gasteiger partial charge >= 0.3 is 5.69 Å². The van der Waals surface area contributed by atoms with Crippen molar-refractivity contribution >= 4 is 16.9 Å². The Labute approximate surface area is 155 Å². The van der Waals surface area contributed by atoms with E-state index in [0.29, 0.717) is 5.69 Å². The van der Waals surface area contributed by atoms with E-state index in [9.17, 15) is 14.4 Å². The first-order valence-electron chi connectivity index (χ1n) is 8.92. The molecule has 1 atom stereocenters. The number of rotatable bonds is 2. The van der Waals surface area contributed by atoms with Crippen LogP contribution < -0.4 is 16.6 Å². The molecule has 27 heavy (non-hydrogen) atoms. The number of fused-ring (bicyclic) bond motifs is 2. The van der Waals surface area contributed by atoms with Gasteiger partial charge in [-0.3, -0.25) is 19.1 Å². The molecule has 2 heterocycles. The SMILES string of the molecule is Cc1cc(C(=O)N[C@@H]2CCc3ccccc3C2)c2c(=O)[nH]c(=O)n(C)c2n1. The number of nitrogens with zero attached hydrogens (tertiary/aromatic N) is 2. The molecule has 0 saturated carbocycles. The number of benzene rings is 1. The maximum absolute atomic E-state index is 13.0. The lowest BCUT2D eigenvalue weighted by atomic mass is 9.88. The van der Waals surface area contributed by atoms with Crippen LogP contribution in [0.15, 0.2) is 39.9 Å². The Morgan fingerprint density at radius 1 is 1.26 bits per heavy atom. The summed E-state index contributed by atoms with van der Waals surface area (Å²) in [4.78, 5) is 43.7. The third-order valence-corrected chi connectivity index (χ3v) is 5.12. The summed E-state index contributed by atoms with van der Waals surface area (Å²) in [6.07, 6.45) is 2.52.